The van der Waals surface area contributed by atoms with Gasteiger partial charge in [0, 0.05) is 18.0 Å². The molecule has 2 heterocycles. The van der Waals surface area contributed by atoms with Crippen LogP contribution in [0, 0.1) is 0 Å². The van der Waals surface area contributed by atoms with Gasteiger partial charge in [0.25, 0.3) is 10.1 Å². The minimum absolute atomic E-state index is 0.674. The van der Waals surface area contributed by atoms with Crippen molar-refractivity contribution in [1.29, 1.82) is 0 Å². The second-order valence-corrected chi connectivity index (χ2v) is 4.40. The number of hydrogen-bond acceptors (Lipinski definition) is 6. The molecule has 0 aromatic carbocycles. The van der Waals surface area contributed by atoms with E-state index in [1.54, 1.807) is 30.9 Å². The largest absolute Gasteiger partial charge is 0.286 e. The van der Waals surface area contributed by atoms with Crippen molar-refractivity contribution in [2.45, 2.75) is 0 Å². The van der Waals surface area contributed by atoms with Crippen LogP contribution in [0.4, 0.5) is 0 Å². The minimum atomic E-state index is -3.67. The quantitative estimate of drug-likeness (QED) is 0.736. The molecule has 0 amide bonds. The molecule has 2 aromatic heterocycles. The summed E-state index contributed by atoms with van der Waals surface area (Å²) in [6, 6.07) is 3.60. The van der Waals surface area contributed by atoms with Crippen molar-refractivity contribution in [3.05, 3.63) is 36.9 Å². The molecule has 0 aliphatic heterocycles. The Kier molecular flexibility index (Phi) is 4.61. The maximum absolute atomic E-state index is 9.19. The SMILES string of the molecule is CS(=O)(=O)O.c1cnc(-c2ccnnc2)nc1. The molecule has 0 unspecified atom stereocenters. The summed E-state index contributed by atoms with van der Waals surface area (Å²) in [6.07, 6.45) is 7.36. The van der Waals surface area contributed by atoms with Crippen molar-refractivity contribution in [2.24, 2.45) is 0 Å². The van der Waals surface area contributed by atoms with Crippen molar-refractivity contribution in [1.82, 2.24) is 20.2 Å². The van der Waals surface area contributed by atoms with Gasteiger partial charge in [0.1, 0.15) is 0 Å². The first-order valence-electron chi connectivity index (χ1n) is 4.43. The smallest absolute Gasteiger partial charge is 0.261 e. The van der Waals surface area contributed by atoms with E-state index in [-0.39, 0.29) is 0 Å². The fourth-order valence-electron chi connectivity index (χ4n) is 0.871. The first kappa shape index (κ1) is 13.1. The number of nitrogens with zero attached hydrogens (tertiary/aromatic N) is 4. The highest BCUT2D eigenvalue weighted by Gasteiger charge is 1.96. The molecule has 0 atom stereocenters. The Morgan fingerprint density at radius 2 is 1.71 bits per heavy atom. The fourth-order valence-corrected chi connectivity index (χ4v) is 0.871. The second-order valence-electron chi connectivity index (χ2n) is 2.94. The molecule has 8 heteroatoms. The molecule has 0 spiro atoms. The highest BCUT2D eigenvalue weighted by atomic mass is 32.2. The topological polar surface area (TPSA) is 106 Å². The van der Waals surface area contributed by atoms with Gasteiger partial charge in [-0.25, -0.2) is 9.97 Å². The van der Waals surface area contributed by atoms with Crippen molar-refractivity contribution in [3.8, 4) is 11.4 Å². The van der Waals surface area contributed by atoms with Crippen LogP contribution in [0.2, 0.25) is 0 Å². The summed E-state index contributed by atoms with van der Waals surface area (Å²) in [6.45, 7) is 0. The molecule has 0 fully saturated rings. The molecule has 0 saturated carbocycles. The third kappa shape index (κ3) is 6.28. The fraction of sp³-hybridized carbons (Fsp3) is 0.111. The zero-order chi connectivity index (χ0) is 12.7. The molecule has 0 bridgehead atoms. The molecule has 90 valence electrons. The summed E-state index contributed by atoms with van der Waals surface area (Å²) in [5.41, 5.74) is 0.880. The molecule has 1 N–H and O–H groups in total. The minimum Gasteiger partial charge on any atom is -0.286 e. The molecule has 2 aromatic rings. The van der Waals surface area contributed by atoms with Gasteiger partial charge in [0.2, 0.25) is 0 Å². The standard InChI is InChI=1S/C8H6N4.CH4O3S/c1-3-9-8(10-4-1)7-2-5-11-12-6-7;1-5(2,3)4/h1-6H;1H3,(H,2,3,4). The molecule has 0 radical (unpaired) electrons. The van der Waals surface area contributed by atoms with Crippen LogP contribution in [0.1, 0.15) is 0 Å². The van der Waals surface area contributed by atoms with Crippen molar-refractivity contribution >= 4 is 10.1 Å². The van der Waals surface area contributed by atoms with Crippen molar-refractivity contribution in [3.63, 3.8) is 0 Å². The molecule has 0 aliphatic rings. The van der Waals surface area contributed by atoms with Gasteiger partial charge >= 0.3 is 0 Å². The van der Waals surface area contributed by atoms with Gasteiger partial charge in [-0.05, 0) is 12.1 Å². The second kappa shape index (κ2) is 5.97. The van der Waals surface area contributed by atoms with Gasteiger partial charge < -0.3 is 0 Å². The Bertz CT molecular complexity index is 499. The van der Waals surface area contributed by atoms with Gasteiger partial charge in [-0.15, -0.1) is 0 Å². The van der Waals surface area contributed by atoms with Crippen LogP contribution in [0.25, 0.3) is 11.4 Å². The van der Waals surface area contributed by atoms with Crippen LogP contribution < -0.4 is 0 Å². The summed E-state index contributed by atoms with van der Waals surface area (Å²) >= 11 is 0. The Hall–Kier alpha value is -1.93. The molecule has 7 nitrogen and oxygen atoms in total. The van der Waals surface area contributed by atoms with E-state index < -0.39 is 10.1 Å². The zero-order valence-electron chi connectivity index (χ0n) is 8.92. The van der Waals surface area contributed by atoms with Crippen molar-refractivity contribution < 1.29 is 13.0 Å². The predicted octanol–water partition coefficient (Wildman–Crippen LogP) is 0.438. The Morgan fingerprint density at radius 3 is 2.18 bits per heavy atom. The van der Waals surface area contributed by atoms with Gasteiger partial charge in [0.15, 0.2) is 5.82 Å². The summed E-state index contributed by atoms with van der Waals surface area (Å²) in [5.74, 6) is 0.674. The van der Waals surface area contributed by atoms with Gasteiger partial charge in [-0.2, -0.15) is 18.6 Å². The van der Waals surface area contributed by atoms with Crippen LogP contribution in [-0.4, -0.2) is 39.4 Å². The molecule has 2 rings (SSSR count). The third-order valence-corrected chi connectivity index (χ3v) is 1.41. The molecule has 0 saturated heterocycles. The Labute approximate surface area is 98.3 Å². The average Bonchev–Trinajstić information content (AvgIpc) is 2.29. The summed E-state index contributed by atoms with van der Waals surface area (Å²) < 4.78 is 25.9. The lowest BCUT2D eigenvalue weighted by molar-refractivity contribution is 0.490. The van der Waals surface area contributed by atoms with Gasteiger partial charge in [-0.3, -0.25) is 4.55 Å². The number of rotatable bonds is 1. The highest BCUT2D eigenvalue weighted by Crippen LogP contribution is 2.08. The Balaban J connectivity index is 0.000000249. The van der Waals surface area contributed by atoms with Crippen molar-refractivity contribution in [2.75, 3.05) is 6.26 Å². The lowest BCUT2D eigenvalue weighted by atomic mass is 10.3. The van der Waals surface area contributed by atoms with E-state index in [0.29, 0.717) is 12.1 Å². The van der Waals surface area contributed by atoms with Crippen LogP contribution in [0.5, 0.6) is 0 Å². The normalized spacial score (nSPS) is 10.2. The highest BCUT2D eigenvalue weighted by molar-refractivity contribution is 7.85. The van der Waals surface area contributed by atoms with E-state index in [4.69, 9.17) is 4.55 Å². The molecule has 0 aliphatic carbocycles. The summed E-state index contributed by atoms with van der Waals surface area (Å²) in [7, 11) is -3.67. The molecular weight excluding hydrogens is 244 g/mol. The summed E-state index contributed by atoms with van der Waals surface area (Å²) in [5, 5.41) is 7.40. The van der Waals surface area contributed by atoms with E-state index in [1.807, 2.05) is 6.07 Å². The van der Waals surface area contributed by atoms with E-state index in [9.17, 15) is 8.42 Å². The average molecular weight is 254 g/mol. The van der Waals surface area contributed by atoms with E-state index in [2.05, 4.69) is 20.2 Å². The first-order valence-corrected chi connectivity index (χ1v) is 6.28. The third-order valence-electron chi connectivity index (χ3n) is 1.41. The van der Waals surface area contributed by atoms with Gasteiger partial charge in [0.05, 0.1) is 18.6 Å². The van der Waals surface area contributed by atoms with Crippen LogP contribution in [0.3, 0.4) is 0 Å². The van der Waals surface area contributed by atoms with Crippen LogP contribution in [0.15, 0.2) is 36.9 Å². The van der Waals surface area contributed by atoms with E-state index >= 15 is 0 Å². The maximum atomic E-state index is 9.19. The lowest BCUT2D eigenvalue weighted by Crippen LogP contribution is -1.88. The van der Waals surface area contributed by atoms with Gasteiger partial charge in [-0.1, -0.05) is 0 Å². The lowest BCUT2D eigenvalue weighted by Gasteiger charge is -1.94. The zero-order valence-corrected chi connectivity index (χ0v) is 9.74. The predicted molar refractivity (Wildman–Crippen MR) is 60.5 cm³/mol. The molecule has 17 heavy (non-hydrogen) atoms. The Morgan fingerprint density at radius 1 is 1.12 bits per heavy atom. The molecular formula is C9H10N4O3S. The van der Waals surface area contributed by atoms with Crippen LogP contribution in [-0.2, 0) is 10.1 Å². The van der Waals surface area contributed by atoms with E-state index in [0.717, 1.165) is 5.56 Å². The number of aromatic nitrogens is 4. The first-order chi connectivity index (χ1) is 7.97. The monoisotopic (exact) mass is 254 g/mol. The maximum Gasteiger partial charge on any atom is 0.261 e. The van der Waals surface area contributed by atoms with E-state index in [1.165, 1.54) is 0 Å². The summed E-state index contributed by atoms with van der Waals surface area (Å²) in [4.78, 5) is 8.14. The van der Waals surface area contributed by atoms with Crippen LogP contribution >= 0.6 is 0 Å². The number of hydrogen-bond donors (Lipinski definition) is 1.